The summed E-state index contributed by atoms with van der Waals surface area (Å²) in [6.45, 7) is 2.02. The van der Waals surface area contributed by atoms with E-state index in [-0.39, 0.29) is 29.6 Å². The van der Waals surface area contributed by atoms with Gasteiger partial charge in [0.05, 0.1) is 23.7 Å². The molecule has 4 atom stereocenters. The van der Waals surface area contributed by atoms with Gasteiger partial charge in [0.1, 0.15) is 0 Å². The van der Waals surface area contributed by atoms with Crippen LogP contribution in [0.15, 0.2) is 113 Å². The van der Waals surface area contributed by atoms with E-state index >= 15 is 0 Å². The number of nitrogens with one attached hydrogen (secondary N) is 1. The molecule has 0 bridgehead atoms. The molecule has 10 heteroatoms. The van der Waals surface area contributed by atoms with Crippen LogP contribution in [0.5, 0.6) is 0 Å². The van der Waals surface area contributed by atoms with Crippen LogP contribution < -0.4 is 9.45 Å². The normalized spacial score (nSPS) is 21.1. The standard InChI is InChI=1S/C30H30N2O6S2/c1-21-27(20-39-28-9-5-6-18-32(28)34)37-30(38-29(21)23-12-10-22(19-33)11-13-23)24-14-16-25(17-15-24)31-40(35,36)26-7-3-2-4-8-26/h2-18,21,27,29-31,33H,19-20H2,1H3. The number of hydrogen-bond acceptors (Lipinski definition) is 7. The van der Waals surface area contributed by atoms with Crippen LogP contribution in [-0.4, -0.2) is 25.4 Å². The Bertz CT molecular complexity index is 1520. The number of thioether (sulfide) groups is 1. The van der Waals surface area contributed by atoms with Crippen LogP contribution in [-0.2, 0) is 26.1 Å². The highest BCUT2D eigenvalue weighted by Gasteiger charge is 2.38. The first-order chi connectivity index (χ1) is 19.3. The fourth-order valence-electron chi connectivity index (χ4n) is 4.52. The lowest BCUT2D eigenvalue weighted by atomic mass is 9.91. The summed E-state index contributed by atoms with van der Waals surface area (Å²) < 4.78 is 41.8. The molecule has 3 aromatic carbocycles. The Kier molecular flexibility index (Phi) is 8.72. The van der Waals surface area contributed by atoms with Gasteiger partial charge in [-0.15, -0.1) is 0 Å². The van der Waals surface area contributed by atoms with Gasteiger partial charge in [0.2, 0.25) is 0 Å². The van der Waals surface area contributed by atoms with E-state index in [1.165, 1.54) is 30.1 Å². The number of aromatic nitrogens is 1. The highest BCUT2D eigenvalue weighted by Crippen LogP contribution is 2.43. The molecule has 1 fully saturated rings. The minimum Gasteiger partial charge on any atom is -0.618 e. The van der Waals surface area contributed by atoms with Crippen molar-refractivity contribution in [2.45, 2.75) is 42.0 Å². The Hall–Kier alpha value is -3.41. The van der Waals surface area contributed by atoms with E-state index in [1.807, 2.05) is 30.3 Å². The fraction of sp³-hybridized carbons (Fsp3) is 0.233. The SMILES string of the molecule is CC1C(CSc2cccc[n+]2[O-])OC(c2ccc(NS(=O)(=O)c3ccccc3)cc2)OC1c1ccc(CO)cc1. The van der Waals surface area contributed by atoms with Gasteiger partial charge in [0.25, 0.3) is 15.0 Å². The van der Waals surface area contributed by atoms with Crippen molar-refractivity contribution in [1.29, 1.82) is 0 Å². The number of sulfonamides is 1. The van der Waals surface area contributed by atoms with E-state index in [2.05, 4.69) is 11.6 Å². The molecule has 40 heavy (non-hydrogen) atoms. The molecule has 2 N–H and O–H groups in total. The quantitative estimate of drug-likeness (QED) is 0.160. The second-order valence-electron chi connectivity index (χ2n) is 9.54. The van der Waals surface area contributed by atoms with Gasteiger partial charge in [-0.3, -0.25) is 4.72 Å². The lowest BCUT2D eigenvalue weighted by Gasteiger charge is -2.41. The van der Waals surface area contributed by atoms with Crippen molar-refractivity contribution in [2.75, 3.05) is 10.5 Å². The number of nitrogens with zero attached hydrogens (tertiary/aromatic N) is 1. The highest BCUT2D eigenvalue weighted by atomic mass is 32.2. The molecule has 0 aliphatic carbocycles. The zero-order valence-corrected chi connectivity index (χ0v) is 23.4. The van der Waals surface area contributed by atoms with Crippen LogP contribution in [0, 0.1) is 11.1 Å². The summed E-state index contributed by atoms with van der Waals surface area (Å²) in [7, 11) is -3.72. The average Bonchev–Trinajstić information content (AvgIpc) is 2.98. The Balaban J connectivity index is 1.37. The van der Waals surface area contributed by atoms with E-state index in [0.717, 1.165) is 21.4 Å². The van der Waals surface area contributed by atoms with Crippen molar-refractivity contribution in [1.82, 2.24) is 0 Å². The molecule has 0 amide bonds. The predicted molar refractivity (Wildman–Crippen MR) is 153 cm³/mol. The maximum absolute atomic E-state index is 12.7. The van der Waals surface area contributed by atoms with Gasteiger partial charge < -0.3 is 19.8 Å². The summed E-state index contributed by atoms with van der Waals surface area (Å²) in [5, 5.41) is 22.2. The van der Waals surface area contributed by atoms with Crippen LogP contribution >= 0.6 is 11.8 Å². The van der Waals surface area contributed by atoms with Crippen molar-refractivity contribution in [3.8, 4) is 0 Å². The molecule has 5 rings (SSSR count). The van der Waals surface area contributed by atoms with Gasteiger partial charge in [-0.25, -0.2) is 8.42 Å². The Morgan fingerprint density at radius 1 is 0.900 bits per heavy atom. The molecule has 4 aromatic rings. The van der Waals surface area contributed by atoms with E-state index in [9.17, 15) is 18.7 Å². The molecule has 1 saturated heterocycles. The number of anilines is 1. The monoisotopic (exact) mass is 578 g/mol. The maximum atomic E-state index is 12.7. The second kappa shape index (κ2) is 12.4. The van der Waals surface area contributed by atoms with Crippen molar-refractivity contribution < 1.29 is 27.7 Å². The average molecular weight is 579 g/mol. The smallest absolute Gasteiger partial charge is 0.261 e. The van der Waals surface area contributed by atoms with Gasteiger partial charge in [-0.05, 0) is 41.5 Å². The number of hydrogen-bond donors (Lipinski definition) is 2. The molecule has 1 aromatic heterocycles. The first-order valence-corrected chi connectivity index (χ1v) is 15.3. The fourth-order valence-corrected chi connectivity index (χ4v) is 6.68. The third-order valence-corrected chi connectivity index (χ3v) is 9.30. The minimum atomic E-state index is -3.72. The first-order valence-electron chi connectivity index (χ1n) is 12.8. The van der Waals surface area contributed by atoms with Gasteiger partial charge >= 0.3 is 0 Å². The third kappa shape index (κ3) is 6.48. The topological polar surface area (TPSA) is 112 Å². The van der Waals surface area contributed by atoms with Gasteiger partial charge in [0.15, 0.2) is 12.5 Å². The number of pyridine rings is 1. The number of ether oxygens (including phenoxy) is 2. The minimum absolute atomic E-state index is 0.0375. The number of rotatable bonds is 9. The molecule has 208 valence electrons. The zero-order valence-electron chi connectivity index (χ0n) is 21.8. The summed E-state index contributed by atoms with van der Waals surface area (Å²) in [5.74, 6) is 0.498. The first kappa shape index (κ1) is 28.1. The lowest BCUT2D eigenvalue weighted by molar-refractivity contribution is -0.645. The summed E-state index contributed by atoms with van der Waals surface area (Å²) in [4.78, 5) is 0.181. The second-order valence-corrected chi connectivity index (χ2v) is 12.3. The van der Waals surface area contributed by atoms with E-state index in [1.54, 1.807) is 54.6 Å². The molecular weight excluding hydrogens is 548 g/mol. The maximum Gasteiger partial charge on any atom is 0.261 e. The van der Waals surface area contributed by atoms with Crippen LogP contribution in [0.2, 0.25) is 0 Å². The lowest BCUT2D eigenvalue weighted by Crippen LogP contribution is -2.39. The van der Waals surface area contributed by atoms with Gasteiger partial charge in [-0.2, -0.15) is 4.73 Å². The summed E-state index contributed by atoms with van der Waals surface area (Å²) in [5.41, 5.74) is 2.92. The number of aliphatic hydroxyl groups excluding tert-OH is 1. The summed E-state index contributed by atoms with van der Waals surface area (Å²) in [6.07, 6.45) is 0.212. The molecule has 1 aliphatic rings. The molecule has 0 saturated carbocycles. The molecular formula is C30H30N2O6S2. The third-order valence-electron chi connectivity index (χ3n) is 6.80. The highest BCUT2D eigenvalue weighted by molar-refractivity contribution is 7.99. The molecule has 0 radical (unpaired) electrons. The van der Waals surface area contributed by atoms with Crippen molar-refractivity contribution in [2.24, 2.45) is 5.92 Å². The predicted octanol–water partition coefficient (Wildman–Crippen LogP) is 5.20. The molecule has 4 unspecified atom stereocenters. The Morgan fingerprint density at radius 2 is 1.57 bits per heavy atom. The largest absolute Gasteiger partial charge is 0.618 e. The van der Waals surface area contributed by atoms with E-state index in [4.69, 9.17) is 9.47 Å². The van der Waals surface area contributed by atoms with Crippen LogP contribution in [0.4, 0.5) is 5.69 Å². The van der Waals surface area contributed by atoms with Crippen molar-refractivity contribution in [3.63, 3.8) is 0 Å². The van der Waals surface area contributed by atoms with Gasteiger partial charge in [-0.1, -0.05) is 73.3 Å². The van der Waals surface area contributed by atoms with E-state index < -0.39 is 16.3 Å². The molecule has 2 heterocycles. The summed E-state index contributed by atoms with van der Waals surface area (Å²) in [6, 6.07) is 28.0. The Labute approximate surface area is 238 Å². The zero-order chi connectivity index (χ0) is 28.1. The molecule has 8 nitrogen and oxygen atoms in total. The summed E-state index contributed by atoms with van der Waals surface area (Å²) >= 11 is 1.42. The number of aliphatic hydroxyl groups is 1. The van der Waals surface area contributed by atoms with Gasteiger partial charge in [0, 0.05) is 35.1 Å². The van der Waals surface area contributed by atoms with Crippen LogP contribution in [0.25, 0.3) is 0 Å². The van der Waals surface area contributed by atoms with Crippen LogP contribution in [0.3, 0.4) is 0 Å². The molecule has 1 aliphatic heterocycles. The number of benzene rings is 3. The van der Waals surface area contributed by atoms with Crippen LogP contribution in [0.1, 0.15) is 36.0 Å². The van der Waals surface area contributed by atoms with Crippen molar-refractivity contribution in [3.05, 3.63) is 125 Å². The molecule has 0 spiro atoms. The van der Waals surface area contributed by atoms with Crippen molar-refractivity contribution >= 4 is 27.5 Å². The Morgan fingerprint density at radius 3 is 2.25 bits per heavy atom. The van der Waals surface area contributed by atoms with E-state index in [0.29, 0.717) is 16.5 Å².